The van der Waals surface area contributed by atoms with Crippen molar-refractivity contribution >= 4 is 68.8 Å². The molecule has 38 heavy (non-hydrogen) atoms. The highest BCUT2D eigenvalue weighted by atomic mass is 35.5. The van der Waals surface area contributed by atoms with E-state index in [2.05, 4.69) is 4.98 Å². The number of aromatic nitrogens is 1. The number of benzene rings is 4. The van der Waals surface area contributed by atoms with Crippen molar-refractivity contribution in [2.24, 2.45) is 0 Å². The minimum atomic E-state index is -0.0330. The van der Waals surface area contributed by atoms with Gasteiger partial charge in [0.25, 0.3) is 0 Å². The second-order valence-electron chi connectivity index (χ2n) is 8.12. The topological polar surface area (TPSA) is 76.2 Å². The summed E-state index contributed by atoms with van der Waals surface area (Å²) in [5.74, 6) is -0.0330. The first kappa shape index (κ1) is 29.4. The van der Waals surface area contributed by atoms with Gasteiger partial charge in [-0.1, -0.05) is 88.9 Å². The molecular weight excluding hydrogens is 562 g/mol. The molecule has 0 aliphatic carbocycles. The van der Waals surface area contributed by atoms with E-state index < -0.39 is 0 Å². The standard InChI is InChI=1S/C15H9Cl2N.C8H6Cl2O.C7H9NO/c16-12-7-11(8-13(17)9-12)15-6-5-10-3-1-2-4-14(10)18-15;1-5(11)6-2-7(9)4-8(10)3-6;8-7-4-2-1-3-6(7)5-9/h1-9H;2-4H,1H3;1-4,9H,5,8H2. The van der Waals surface area contributed by atoms with E-state index in [1.165, 1.54) is 6.92 Å². The van der Waals surface area contributed by atoms with E-state index in [1.807, 2.05) is 60.7 Å². The number of nitrogens with two attached hydrogens (primary N) is 1. The lowest BCUT2D eigenvalue weighted by Gasteiger charge is -2.04. The lowest BCUT2D eigenvalue weighted by molar-refractivity contribution is 0.101. The van der Waals surface area contributed by atoms with Crippen molar-refractivity contribution in [1.29, 1.82) is 0 Å². The number of aliphatic hydroxyl groups excluding tert-OH is 1. The number of rotatable bonds is 3. The van der Waals surface area contributed by atoms with Gasteiger partial charge in [-0.25, -0.2) is 4.98 Å². The van der Waals surface area contributed by atoms with Gasteiger partial charge in [0, 0.05) is 47.9 Å². The fourth-order valence-electron chi connectivity index (χ4n) is 3.36. The normalized spacial score (nSPS) is 10.2. The number of anilines is 1. The maximum absolute atomic E-state index is 10.8. The van der Waals surface area contributed by atoms with Crippen LogP contribution in [0.4, 0.5) is 5.69 Å². The van der Waals surface area contributed by atoms with Gasteiger partial charge in [-0.2, -0.15) is 0 Å². The van der Waals surface area contributed by atoms with E-state index in [4.69, 9.17) is 57.2 Å². The van der Waals surface area contributed by atoms with E-state index in [9.17, 15) is 4.79 Å². The van der Waals surface area contributed by atoms with Gasteiger partial charge in [0.1, 0.15) is 0 Å². The minimum absolute atomic E-state index is 0.0205. The summed E-state index contributed by atoms with van der Waals surface area (Å²) in [6, 6.07) is 29.5. The van der Waals surface area contributed by atoms with Gasteiger partial charge in [-0.15, -0.1) is 0 Å². The van der Waals surface area contributed by atoms with Gasteiger partial charge in [0.2, 0.25) is 0 Å². The summed E-state index contributed by atoms with van der Waals surface area (Å²) in [5, 5.41) is 12.0. The number of halogens is 4. The van der Waals surface area contributed by atoms with Gasteiger partial charge in [-0.05, 0) is 61.5 Å². The molecule has 0 saturated heterocycles. The van der Waals surface area contributed by atoms with E-state index in [1.54, 1.807) is 36.4 Å². The molecule has 0 atom stereocenters. The van der Waals surface area contributed by atoms with Gasteiger partial charge in [0.05, 0.1) is 17.8 Å². The predicted molar refractivity (Wildman–Crippen MR) is 160 cm³/mol. The predicted octanol–water partition coefficient (Wildman–Crippen LogP) is 9.17. The van der Waals surface area contributed by atoms with E-state index >= 15 is 0 Å². The third kappa shape index (κ3) is 8.73. The van der Waals surface area contributed by atoms with E-state index in [-0.39, 0.29) is 12.4 Å². The van der Waals surface area contributed by atoms with Crippen LogP contribution in [0.1, 0.15) is 22.8 Å². The van der Waals surface area contributed by atoms with Crippen molar-refractivity contribution in [1.82, 2.24) is 4.98 Å². The first-order valence-corrected chi connectivity index (χ1v) is 12.9. The van der Waals surface area contributed by atoms with Crippen LogP contribution in [-0.2, 0) is 6.61 Å². The number of carbonyl (C=O) groups excluding carboxylic acids is 1. The maximum Gasteiger partial charge on any atom is 0.159 e. The molecule has 1 aromatic heterocycles. The van der Waals surface area contributed by atoms with Gasteiger partial charge in [0.15, 0.2) is 5.78 Å². The van der Waals surface area contributed by atoms with Crippen LogP contribution in [0.15, 0.2) is 97.1 Å². The highest BCUT2D eigenvalue weighted by Gasteiger charge is 2.04. The molecule has 5 aromatic rings. The minimum Gasteiger partial charge on any atom is -0.398 e. The van der Waals surface area contributed by atoms with E-state index in [0.717, 1.165) is 27.7 Å². The second-order valence-corrected chi connectivity index (χ2v) is 9.86. The molecule has 0 radical (unpaired) electrons. The molecule has 3 N–H and O–H groups in total. The van der Waals surface area contributed by atoms with Crippen molar-refractivity contribution in [3.05, 3.63) is 128 Å². The fourth-order valence-corrected chi connectivity index (χ4v) is 4.42. The summed E-state index contributed by atoms with van der Waals surface area (Å²) >= 11 is 23.3. The summed E-state index contributed by atoms with van der Waals surface area (Å²) in [6.45, 7) is 1.49. The van der Waals surface area contributed by atoms with Crippen molar-refractivity contribution in [3.8, 4) is 11.3 Å². The average molecular weight is 586 g/mol. The Kier molecular flexibility index (Phi) is 11.0. The third-order valence-corrected chi connectivity index (χ3v) is 6.12. The number of hydrogen-bond acceptors (Lipinski definition) is 4. The monoisotopic (exact) mass is 584 g/mol. The van der Waals surface area contributed by atoms with E-state index in [0.29, 0.717) is 31.3 Å². The Morgan fingerprint density at radius 3 is 1.87 bits per heavy atom. The zero-order chi connectivity index (χ0) is 27.7. The summed E-state index contributed by atoms with van der Waals surface area (Å²) < 4.78 is 0. The zero-order valence-electron chi connectivity index (χ0n) is 20.3. The summed E-state index contributed by atoms with van der Waals surface area (Å²) in [6.07, 6.45) is 0. The number of aliphatic hydroxyl groups is 1. The molecule has 5 rings (SSSR count). The third-order valence-electron chi connectivity index (χ3n) is 5.25. The van der Waals surface area contributed by atoms with Crippen LogP contribution < -0.4 is 5.73 Å². The van der Waals surface area contributed by atoms with Crippen LogP contribution >= 0.6 is 46.4 Å². The Hall–Kier alpha value is -3.12. The average Bonchev–Trinajstić information content (AvgIpc) is 2.88. The Labute approximate surface area is 241 Å². The van der Waals surface area contributed by atoms with Crippen molar-refractivity contribution in [3.63, 3.8) is 0 Å². The Balaban J connectivity index is 0.000000172. The molecule has 8 heteroatoms. The van der Waals surface area contributed by atoms with Gasteiger partial charge >= 0.3 is 0 Å². The first-order valence-electron chi connectivity index (χ1n) is 11.4. The quantitative estimate of drug-likeness (QED) is 0.163. The number of nitrogens with zero attached hydrogens (tertiary/aromatic N) is 1. The fraction of sp³-hybridized carbons (Fsp3) is 0.0667. The van der Waals surface area contributed by atoms with Crippen LogP contribution in [0.3, 0.4) is 0 Å². The van der Waals surface area contributed by atoms with Crippen LogP contribution in [-0.4, -0.2) is 15.9 Å². The number of fused-ring (bicyclic) bond motifs is 1. The molecule has 0 fully saturated rings. The van der Waals surface area contributed by atoms with Crippen LogP contribution in [0.2, 0.25) is 20.1 Å². The Bertz CT molecular complexity index is 1520. The summed E-state index contributed by atoms with van der Waals surface area (Å²) in [4.78, 5) is 15.4. The largest absolute Gasteiger partial charge is 0.398 e. The molecular formula is C30H24Cl4N2O2. The molecule has 0 bridgehead atoms. The SMILES string of the molecule is CC(=O)c1cc(Cl)cc(Cl)c1.Clc1cc(Cl)cc(-c2ccc3ccccc3n2)c1.Nc1ccccc1CO. The first-order chi connectivity index (χ1) is 18.2. The van der Waals surface area contributed by atoms with Gasteiger partial charge in [-0.3, -0.25) is 4.79 Å². The molecule has 1 heterocycles. The zero-order valence-corrected chi connectivity index (χ0v) is 23.4. The number of pyridine rings is 1. The van der Waals surface area contributed by atoms with Crippen LogP contribution in [0.5, 0.6) is 0 Å². The number of nitrogen functional groups attached to an aromatic ring is 1. The Morgan fingerprint density at radius 1 is 0.763 bits per heavy atom. The lowest BCUT2D eigenvalue weighted by Crippen LogP contribution is -1.91. The highest BCUT2D eigenvalue weighted by Crippen LogP contribution is 2.27. The lowest BCUT2D eigenvalue weighted by atomic mass is 10.1. The number of Topliss-reactive ketones (excluding diaryl/α,β-unsaturated/α-hetero) is 1. The molecule has 0 saturated carbocycles. The molecule has 0 aliphatic heterocycles. The summed E-state index contributed by atoms with van der Waals surface area (Å²) in [7, 11) is 0. The van der Waals surface area contributed by atoms with Crippen LogP contribution in [0.25, 0.3) is 22.2 Å². The molecule has 0 unspecified atom stereocenters. The summed E-state index contributed by atoms with van der Waals surface area (Å²) in [5.41, 5.74) is 10.2. The molecule has 4 nitrogen and oxygen atoms in total. The number of carbonyl (C=O) groups is 1. The molecule has 194 valence electrons. The number of hydrogen-bond donors (Lipinski definition) is 2. The van der Waals surface area contributed by atoms with Crippen molar-refractivity contribution < 1.29 is 9.90 Å². The van der Waals surface area contributed by atoms with Crippen molar-refractivity contribution in [2.75, 3.05) is 5.73 Å². The number of para-hydroxylation sites is 2. The molecule has 0 aliphatic rings. The van der Waals surface area contributed by atoms with Crippen molar-refractivity contribution in [2.45, 2.75) is 13.5 Å². The van der Waals surface area contributed by atoms with Gasteiger partial charge < -0.3 is 10.8 Å². The molecule has 0 amide bonds. The Morgan fingerprint density at radius 2 is 1.32 bits per heavy atom. The second kappa shape index (κ2) is 14.1. The molecule has 4 aromatic carbocycles. The smallest absolute Gasteiger partial charge is 0.159 e. The van der Waals surface area contributed by atoms with Crippen LogP contribution in [0, 0.1) is 0 Å². The highest BCUT2D eigenvalue weighted by molar-refractivity contribution is 6.35. The maximum atomic E-state index is 10.8. The number of ketones is 1. The molecule has 0 spiro atoms.